The van der Waals surface area contributed by atoms with Crippen LogP contribution >= 0.6 is 0 Å². The summed E-state index contributed by atoms with van der Waals surface area (Å²) in [6, 6.07) is 16.6. The summed E-state index contributed by atoms with van der Waals surface area (Å²) in [6.07, 6.45) is 0. The Morgan fingerprint density at radius 2 is 1.74 bits per heavy atom. The van der Waals surface area contributed by atoms with E-state index in [0.717, 1.165) is 38.3 Å². The molecule has 0 atom stereocenters. The molecule has 0 unspecified atom stereocenters. The molecule has 1 aliphatic heterocycles. The van der Waals surface area contributed by atoms with E-state index in [0.29, 0.717) is 12.5 Å². The first-order valence-corrected chi connectivity index (χ1v) is 9.95. The lowest BCUT2D eigenvalue weighted by molar-refractivity contribution is 0.0947. The molecular weight excluding hydrogens is 334 g/mol. The van der Waals surface area contributed by atoms with Crippen molar-refractivity contribution in [2.24, 2.45) is 0 Å². The van der Waals surface area contributed by atoms with Crippen molar-refractivity contribution in [3.63, 3.8) is 0 Å². The standard InChI is InChI=1S/C23H31N3O/c1-18(2)20-7-9-21(10-8-20)23(27)24-11-12-25-13-15-26(16-14-25)22-6-4-5-19(3)17-22/h4-10,17-18H,11-16H2,1-3H3,(H,24,27). The summed E-state index contributed by atoms with van der Waals surface area (Å²) in [5.41, 5.74) is 4.62. The average molecular weight is 366 g/mol. The number of rotatable bonds is 6. The Kier molecular flexibility index (Phi) is 6.51. The highest BCUT2D eigenvalue weighted by Crippen LogP contribution is 2.18. The van der Waals surface area contributed by atoms with Crippen LogP contribution in [-0.4, -0.2) is 50.1 Å². The van der Waals surface area contributed by atoms with Crippen molar-refractivity contribution >= 4 is 11.6 Å². The van der Waals surface area contributed by atoms with E-state index in [1.807, 2.05) is 24.3 Å². The Balaban J connectivity index is 1.40. The van der Waals surface area contributed by atoms with E-state index in [-0.39, 0.29) is 5.91 Å². The normalized spacial score (nSPS) is 15.2. The molecule has 1 N–H and O–H groups in total. The Hall–Kier alpha value is -2.33. The van der Waals surface area contributed by atoms with Crippen LogP contribution in [-0.2, 0) is 0 Å². The summed E-state index contributed by atoms with van der Waals surface area (Å²) < 4.78 is 0. The fourth-order valence-corrected chi connectivity index (χ4v) is 3.50. The van der Waals surface area contributed by atoms with Crippen molar-refractivity contribution in [1.82, 2.24) is 10.2 Å². The highest BCUT2D eigenvalue weighted by molar-refractivity contribution is 5.94. The van der Waals surface area contributed by atoms with E-state index < -0.39 is 0 Å². The minimum Gasteiger partial charge on any atom is -0.369 e. The zero-order valence-electron chi connectivity index (χ0n) is 16.7. The number of nitrogens with zero attached hydrogens (tertiary/aromatic N) is 2. The number of hydrogen-bond donors (Lipinski definition) is 1. The van der Waals surface area contributed by atoms with E-state index in [2.05, 4.69) is 60.2 Å². The number of benzene rings is 2. The largest absolute Gasteiger partial charge is 0.369 e. The number of carbonyl (C=O) groups excluding carboxylic acids is 1. The van der Waals surface area contributed by atoms with Gasteiger partial charge in [0.25, 0.3) is 5.91 Å². The SMILES string of the molecule is Cc1cccc(N2CCN(CCNC(=O)c3ccc(C(C)C)cc3)CC2)c1. The lowest BCUT2D eigenvalue weighted by Gasteiger charge is -2.36. The van der Waals surface area contributed by atoms with Gasteiger partial charge in [0, 0.05) is 50.5 Å². The molecule has 1 amide bonds. The Morgan fingerprint density at radius 3 is 2.37 bits per heavy atom. The molecule has 1 saturated heterocycles. The van der Waals surface area contributed by atoms with Crippen LogP contribution in [0.5, 0.6) is 0 Å². The summed E-state index contributed by atoms with van der Waals surface area (Å²) in [7, 11) is 0. The predicted molar refractivity (Wildman–Crippen MR) is 113 cm³/mol. The maximum absolute atomic E-state index is 12.3. The molecule has 3 rings (SSSR count). The maximum Gasteiger partial charge on any atom is 0.251 e. The van der Waals surface area contributed by atoms with Gasteiger partial charge in [-0.2, -0.15) is 0 Å². The smallest absolute Gasteiger partial charge is 0.251 e. The summed E-state index contributed by atoms with van der Waals surface area (Å²) in [6.45, 7) is 12.2. The van der Waals surface area contributed by atoms with Gasteiger partial charge in [0.05, 0.1) is 0 Å². The molecule has 4 nitrogen and oxygen atoms in total. The predicted octanol–water partition coefficient (Wildman–Crippen LogP) is 3.67. The number of carbonyl (C=O) groups is 1. The number of piperazine rings is 1. The van der Waals surface area contributed by atoms with Gasteiger partial charge in [-0.3, -0.25) is 9.69 Å². The van der Waals surface area contributed by atoms with Crippen LogP contribution in [0, 0.1) is 6.92 Å². The van der Waals surface area contributed by atoms with Crippen molar-refractivity contribution in [2.45, 2.75) is 26.7 Å². The summed E-state index contributed by atoms with van der Waals surface area (Å²) >= 11 is 0. The first-order valence-electron chi connectivity index (χ1n) is 9.95. The molecule has 0 aromatic heterocycles. The van der Waals surface area contributed by atoms with Crippen LogP contribution in [0.2, 0.25) is 0 Å². The van der Waals surface area contributed by atoms with E-state index in [1.54, 1.807) is 0 Å². The lowest BCUT2D eigenvalue weighted by atomic mass is 10.0. The monoisotopic (exact) mass is 365 g/mol. The highest BCUT2D eigenvalue weighted by Gasteiger charge is 2.17. The van der Waals surface area contributed by atoms with Crippen LogP contribution < -0.4 is 10.2 Å². The third-order valence-corrected chi connectivity index (χ3v) is 5.29. The molecule has 1 heterocycles. The highest BCUT2D eigenvalue weighted by atomic mass is 16.1. The molecule has 0 aliphatic carbocycles. The number of anilines is 1. The second-order valence-electron chi connectivity index (χ2n) is 7.70. The molecule has 0 spiro atoms. The third-order valence-electron chi connectivity index (χ3n) is 5.29. The van der Waals surface area contributed by atoms with Gasteiger partial charge < -0.3 is 10.2 Å². The van der Waals surface area contributed by atoms with Gasteiger partial charge in [0.1, 0.15) is 0 Å². The number of hydrogen-bond acceptors (Lipinski definition) is 3. The third kappa shape index (κ3) is 5.33. The van der Waals surface area contributed by atoms with Crippen molar-refractivity contribution in [1.29, 1.82) is 0 Å². The van der Waals surface area contributed by atoms with Crippen LogP contribution in [0.4, 0.5) is 5.69 Å². The van der Waals surface area contributed by atoms with Gasteiger partial charge in [-0.1, -0.05) is 38.1 Å². The Morgan fingerprint density at radius 1 is 1.04 bits per heavy atom. The quantitative estimate of drug-likeness (QED) is 0.848. The van der Waals surface area contributed by atoms with Gasteiger partial charge in [0.15, 0.2) is 0 Å². The van der Waals surface area contributed by atoms with E-state index in [1.165, 1.54) is 16.8 Å². The summed E-state index contributed by atoms with van der Waals surface area (Å²) in [4.78, 5) is 17.2. The molecule has 0 radical (unpaired) electrons. The number of aryl methyl sites for hydroxylation is 1. The van der Waals surface area contributed by atoms with Gasteiger partial charge in [-0.05, 0) is 48.2 Å². The molecular formula is C23H31N3O. The Bertz CT molecular complexity index is 746. The molecule has 1 fully saturated rings. The van der Waals surface area contributed by atoms with Crippen molar-refractivity contribution < 1.29 is 4.79 Å². The topological polar surface area (TPSA) is 35.6 Å². The van der Waals surface area contributed by atoms with E-state index in [4.69, 9.17) is 0 Å². The molecule has 2 aromatic carbocycles. The van der Waals surface area contributed by atoms with Gasteiger partial charge in [-0.15, -0.1) is 0 Å². The van der Waals surface area contributed by atoms with Gasteiger partial charge >= 0.3 is 0 Å². The first kappa shape index (κ1) is 19.4. The Labute approximate surface area is 163 Å². The maximum atomic E-state index is 12.3. The molecule has 4 heteroatoms. The van der Waals surface area contributed by atoms with Crippen LogP contribution in [0.25, 0.3) is 0 Å². The second kappa shape index (κ2) is 9.05. The van der Waals surface area contributed by atoms with Crippen molar-refractivity contribution in [2.75, 3.05) is 44.2 Å². The number of nitrogens with one attached hydrogen (secondary N) is 1. The van der Waals surface area contributed by atoms with Crippen molar-refractivity contribution in [3.05, 3.63) is 65.2 Å². The van der Waals surface area contributed by atoms with E-state index >= 15 is 0 Å². The zero-order valence-corrected chi connectivity index (χ0v) is 16.7. The van der Waals surface area contributed by atoms with Crippen molar-refractivity contribution in [3.8, 4) is 0 Å². The molecule has 2 aromatic rings. The fraction of sp³-hybridized carbons (Fsp3) is 0.435. The van der Waals surface area contributed by atoms with E-state index in [9.17, 15) is 4.79 Å². The minimum atomic E-state index is 0.0173. The summed E-state index contributed by atoms with van der Waals surface area (Å²) in [5.74, 6) is 0.504. The summed E-state index contributed by atoms with van der Waals surface area (Å²) in [5, 5.41) is 3.05. The lowest BCUT2D eigenvalue weighted by Crippen LogP contribution is -2.48. The molecule has 27 heavy (non-hydrogen) atoms. The first-order chi connectivity index (χ1) is 13.0. The second-order valence-corrected chi connectivity index (χ2v) is 7.70. The number of amides is 1. The molecule has 144 valence electrons. The molecule has 0 saturated carbocycles. The fourth-order valence-electron chi connectivity index (χ4n) is 3.50. The van der Waals surface area contributed by atoms with Crippen LogP contribution in [0.15, 0.2) is 48.5 Å². The minimum absolute atomic E-state index is 0.0173. The zero-order chi connectivity index (χ0) is 19.2. The molecule has 1 aliphatic rings. The van der Waals surface area contributed by atoms with Crippen LogP contribution in [0.1, 0.15) is 41.3 Å². The van der Waals surface area contributed by atoms with Crippen LogP contribution in [0.3, 0.4) is 0 Å². The molecule has 0 bridgehead atoms. The van der Waals surface area contributed by atoms with Gasteiger partial charge in [0.2, 0.25) is 0 Å². The van der Waals surface area contributed by atoms with Gasteiger partial charge in [-0.25, -0.2) is 0 Å². The average Bonchev–Trinajstić information content (AvgIpc) is 2.68.